The van der Waals surface area contributed by atoms with Gasteiger partial charge in [-0.2, -0.15) is 0 Å². The summed E-state index contributed by atoms with van der Waals surface area (Å²) in [6, 6.07) is 5.92. The summed E-state index contributed by atoms with van der Waals surface area (Å²) >= 11 is 0. The Morgan fingerprint density at radius 3 is 2.50 bits per heavy atom. The fourth-order valence-electron chi connectivity index (χ4n) is 1.44. The molecule has 0 fully saturated rings. The van der Waals surface area contributed by atoms with Crippen molar-refractivity contribution >= 4 is 17.2 Å². The number of hydrogen-bond donors (Lipinski definition) is 0. The average Bonchev–Trinajstić information content (AvgIpc) is 2.29. The van der Waals surface area contributed by atoms with Gasteiger partial charge in [0.25, 0.3) is 5.69 Å². The summed E-state index contributed by atoms with van der Waals surface area (Å²) in [5, 5.41) is 10.4. The topological polar surface area (TPSA) is 69.4 Å². The summed E-state index contributed by atoms with van der Waals surface area (Å²) in [5.41, 5.74) is 0.699. The van der Waals surface area contributed by atoms with Crippen LogP contribution < -0.4 is 0 Å². The molecule has 0 aromatic heterocycles. The zero-order chi connectivity index (χ0) is 11.5. The molecule has 0 N–H and O–H groups in total. The lowest BCUT2D eigenvalue weighted by Gasteiger charge is -2.13. The molecule has 82 valence electrons. The number of nitrogens with zero attached hydrogens (tertiary/aromatic N) is 1. The molecule has 0 spiro atoms. The number of nitro benzene ring substituents is 1. The smallest absolute Gasteiger partial charge is 0.269 e. The van der Waals surface area contributed by atoms with E-state index in [0.717, 1.165) is 0 Å². The first-order valence-corrected chi connectivity index (χ1v) is 4.79. The fraction of sp³-hybridized carbons (Fsp3) is 0.182. The largest absolute Gasteiger partial charge is 0.492 e. The van der Waals surface area contributed by atoms with Crippen LogP contribution in [0.4, 0.5) is 5.69 Å². The van der Waals surface area contributed by atoms with Crippen LogP contribution in [0.15, 0.2) is 30.3 Å². The number of allylic oxidation sites excluding steroid dienone is 1. The lowest BCUT2D eigenvalue weighted by molar-refractivity contribution is -0.384. The molecule has 0 bridgehead atoms. The van der Waals surface area contributed by atoms with Gasteiger partial charge in [0, 0.05) is 30.2 Å². The minimum Gasteiger partial charge on any atom is -0.492 e. The number of carbonyl (C=O) groups excluding carboxylic acids is 1. The molecule has 5 heteroatoms. The number of hydrogen-bond acceptors (Lipinski definition) is 4. The summed E-state index contributed by atoms with van der Waals surface area (Å²) in [6.45, 7) is 0.363. The molecule has 5 nitrogen and oxygen atoms in total. The van der Waals surface area contributed by atoms with Crippen molar-refractivity contribution in [3.05, 3.63) is 46.0 Å². The highest BCUT2D eigenvalue weighted by atomic mass is 16.6. The van der Waals surface area contributed by atoms with E-state index < -0.39 is 4.92 Å². The molecule has 2 rings (SSSR count). The van der Waals surface area contributed by atoms with Crippen LogP contribution in [0.1, 0.15) is 12.0 Å². The predicted octanol–water partition coefficient (Wildman–Crippen LogP) is 1.93. The Bertz CT molecular complexity index is 461. The minimum atomic E-state index is -0.467. The van der Waals surface area contributed by atoms with Crippen molar-refractivity contribution < 1.29 is 14.5 Å². The highest BCUT2D eigenvalue weighted by Gasteiger charge is 2.13. The Kier molecular flexibility index (Phi) is 2.68. The van der Waals surface area contributed by atoms with Crippen LogP contribution in [-0.2, 0) is 9.53 Å². The van der Waals surface area contributed by atoms with Gasteiger partial charge in [0.05, 0.1) is 11.5 Å². The van der Waals surface area contributed by atoms with Gasteiger partial charge in [-0.3, -0.25) is 14.9 Å². The van der Waals surface area contributed by atoms with Crippen LogP contribution in [0.5, 0.6) is 0 Å². The third-order valence-corrected chi connectivity index (χ3v) is 2.26. The van der Waals surface area contributed by atoms with Crippen molar-refractivity contribution in [2.45, 2.75) is 6.42 Å². The van der Waals surface area contributed by atoms with Crippen molar-refractivity contribution in [1.29, 1.82) is 0 Å². The maximum absolute atomic E-state index is 11.2. The average molecular weight is 219 g/mol. The molecule has 1 aliphatic heterocycles. The van der Waals surface area contributed by atoms with E-state index in [9.17, 15) is 14.9 Å². The van der Waals surface area contributed by atoms with Gasteiger partial charge >= 0.3 is 0 Å². The third kappa shape index (κ3) is 2.08. The van der Waals surface area contributed by atoms with Crippen molar-refractivity contribution in [2.24, 2.45) is 0 Å². The second-order valence-corrected chi connectivity index (χ2v) is 3.38. The first-order valence-electron chi connectivity index (χ1n) is 4.79. The zero-order valence-electron chi connectivity index (χ0n) is 8.38. The van der Waals surface area contributed by atoms with Crippen LogP contribution in [0.25, 0.3) is 5.76 Å². The number of ether oxygens (including phenoxy) is 1. The van der Waals surface area contributed by atoms with E-state index in [1.807, 2.05) is 0 Å². The van der Waals surface area contributed by atoms with Gasteiger partial charge in [0.15, 0.2) is 5.78 Å². The van der Waals surface area contributed by atoms with Crippen LogP contribution in [0.3, 0.4) is 0 Å². The molecule has 0 atom stereocenters. The zero-order valence-corrected chi connectivity index (χ0v) is 8.38. The van der Waals surface area contributed by atoms with Crippen LogP contribution >= 0.6 is 0 Å². The summed E-state index contributed by atoms with van der Waals surface area (Å²) in [6.07, 6.45) is 1.81. The second kappa shape index (κ2) is 4.14. The molecule has 1 aromatic rings. The van der Waals surface area contributed by atoms with Crippen LogP contribution in [0.2, 0.25) is 0 Å². The summed E-state index contributed by atoms with van der Waals surface area (Å²) in [7, 11) is 0. The molecule has 0 amide bonds. The number of nitro groups is 1. The van der Waals surface area contributed by atoms with E-state index in [1.54, 1.807) is 12.1 Å². The van der Waals surface area contributed by atoms with Crippen LogP contribution in [0, 0.1) is 10.1 Å². The van der Waals surface area contributed by atoms with Crippen molar-refractivity contribution in [3.63, 3.8) is 0 Å². The summed E-state index contributed by atoms with van der Waals surface area (Å²) in [5.74, 6) is 0.491. The molecule has 0 saturated heterocycles. The monoisotopic (exact) mass is 219 g/mol. The highest BCUT2D eigenvalue weighted by molar-refractivity contribution is 5.96. The van der Waals surface area contributed by atoms with Gasteiger partial charge in [0.1, 0.15) is 5.76 Å². The number of benzene rings is 1. The van der Waals surface area contributed by atoms with E-state index >= 15 is 0 Å². The van der Waals surface area contributed by atoms with Gasteiger partial charge in [-0.15, -0.1) is 0 Å². The first kappa shape index (κ1) is 10.4. The van der Waals surface area contributed by atoms with Gasteiger partial charge in [-0.05, 0) is 12.1 Å². The Morgan fingerprint density at radius 2 is 1.94 bits per heavy atom. The van der Waals surface area contributed by atoms with E-state index in [1.165, 1.54) is 18.2 Å². The van der Waals surface area contributed by atoms with E-state index in [-0.39, 0.29) is 11.5 Å². The maximum Gasteiger partial charge on any atom is 0.269 e. The van der Waals surface area contributed by atoms with Crippen molar-refractivity contribution in [2.75, 3.05) is 6.61 Å². The van der Waals surface area contributed by atoms with E-state index in [0.29, 0.717) is 24.4 Å². The molecule has 0 aliphatic carbocycles. The molecule has 16 heavy (non-hydrogen) atoms. The van der Waals surface area contributed by atoms with E-state index in [2.05, 4.69) is 0 Å². The number of ketones is 1. The Morgan fingerprint density at radius 1 is 1.25 bits per heavy atom. The van der Waals surface area contributed by atoms with E-state index in [4.69, 9.17) is 4.74 Å². The predicted molar refractivity (Wildman–Crippen MR) is 56.6 cm³/mol. The van der Waals surface area contributed by atoms with Gasteiger partial charge in [-0.25, -0.2) is 0 Å². The molecular weight excluding hydrogens is 210 g/mol. The molecule has 1 heterocycles. The summed E-state index contributed by atoms with van der Waals surface area (Å²) < 4.78 is 5.31. The molecular formula is C11H9NO4. The number of non-ortho nitro benzene ring substituents is 1. The van der Waals surface area contributed by atoms with Crippen molar-refractivity contribution in [1.82, 2.24) is 0 Å². The highest BCUT2D eigenvalue weighted by Crippen LogP contribution is 2.22. The normalized spacial score (nSPS) is 15.2. The number of carbonyl (C=O) groups is 1. The molecule has 0 radical (unpaired) electrons. The van der Waals surface area contributed by atoms with Gasteiger partial charge in [-0.1, -0.05) is 0 Å². The van der Waals surface area contributed by atoms with Crippen molar-refractivity contribution in [3.8, 4) is 0 Å². The SMILES string of the molecule is O=C1C=C(c2ccc([N+](=O)[O-])cc2)OCC1. The second-order valence-electron chi connectivity index (χ2n) is 3.38. The third-order valence-electron chi connectivity index (χ3n) is 2.26. The Hall–Kier alpha value is -2.17. The molecule has 0 unspecified atom stereocenters. The van der Waals surface area contributed by atoms with Crippen LogP contribution in [-0.4, -0.2) is 17.3 Å². The lowest BCUT2D eigenvalue weighted by atomic mass is 10.1. The standard InChI is InChI=1S/C11H9NO4/c13-10-5-6-16-11(7-10)8-1-3-9(4-2-8)12(14)15/h1-4,7H,5-6H2. The molecule has 1 aromatic carbocycles. The Balaban J connectivity index is 2.28. The quantitative estimate of drug-likeness (QED) is 0.562. The fourth-order valence-corrected chi connectivity index (χ4v) is 1.44. The van der Waals surface area contributed by atoms with Gasteiger partial charge < -0.3 is 4.74 Å². The minimum absolute atomic E-state index is 0.0135. The Labute approximate surface area is 91.5 Å². The van der Waals surface area contributed by atoms with Gasteiger partial charge in [0.2, 0.25) is 0 Å². The maximum atomic E-state index is 11.2. The first-order chi connectivity index (χ1) is 7.66. The molecule has 1 aliphatic rings. The summed E-state index contributed by atoms with van der Waals surface area (Å²) in [4.78, 5) is 21.1. The lowest BCUT2D eigenvalue weighted by Crippen LogP contribution is -2.09. The molecule has 0 saturated carbocycles. The number of rotatable bonds is 2.